The van der Waals surface area contributed by atoms with Crippen LogP contribution in [0.5, 0.6) is 11.5 Å². The zero-order valence-electron chi connectivity index (χ0n) is 14.9. The van der Waals surface area contributed by atoms with Gasteiger partial charge in [0.2, 0.25) is 5.91 Å². The molecule has 25 heavy (non-hydrogen) atoms. The summed E-state index contributed by atoms with van der Waals surface area (Å²) in [4.78, 5) is 21.3. The number of carbonyl (C=O) groups excluding carboxylic acids is 1. The van der Waals surface area contributed by atoms with Gasteiger partial charge in [-0.3, -0.25) is 14.6 Å². The molecule has 2 N–H and O–H groups in total. The smallest absolute Gasteiger partial charge is 0.236 e. The number of carbonyl (C=O) groups is 1. The Hall–Kier alpha value is -1.83. The second-order valence-corrected chi connectivity index (χ2v) is 7.06. The molecule has 2 saturated heterocycles. The monoisotopic (exact) mass is 348 g/mol. The minimum absolute atomic E-state index is 0.0847. The van der Waals surface area contributed by atoms with Gasteiger partial charge < -0.3 is 20.0 Å². The molecule has 3 rings (SSSR count). The van der Waals surface area contributed by atoms with E-state index in [1.165, 1.54) is 6.07 Å². The van der Waals surface area contributed by atoms with Gasteiger partial charge in [-0.2, -0.15) is 0 Å². The Labute approximate surface area is 149 Å². The van der Waals surface area contributed by atoms with Gasteiger partial charge in [0.15, 0.2) is 11.5 Å². The maximum absolute atomic E-state index is 12.5. The van der Waals surface area contributed by atoms with Crippen LogP contribution in [0.2, 0.25) is 0 Å². The van der Waals surface area contributed by atoms with E-state index in [1.54, 1.807) is 6.07 Å². The largest absolute Gasteiger partial charge is 0.504 e. The molecular formula is C18H28N4O3. The third-order valence-electron chi connectivity index (χ3n) is 5.13. The van der Waals surface area contributed by atoms with Crippen LogP contribution < -0.4 is 0 Å². The van der Waals surface area contributed by atoms with Crippen molar-refractivity contribution in [2.45, 2.75) is 6.54 Å². The van der Waals surface area contributed by atoms with E-state index in [1.807, 2.05) is 11.0 Å². The van der Waals surface area contributed by atoms with E-state index in [2.05, 4.69) is 21.7 Å². The van der Waals surface area contributed by atoms with Gasteiger partial charge >= 0.3 is 0 Å². The van der Waals surface area contributed by atoms with Crippen molar-refractivity contribution in [2.75, 3.05) is 66.0 Å². The molecule has 2 heterocycles. The highest BCUT2D eigenvalue weighted by atomic mass is 16.3. The number of hydrogen-bond donors (Lipinski definition) is 2. The maximum atomic E-state index is 12.5. The lowest BCUT2D eigenvalue weighted by Crippen LogP contribution is -2.53. The third-order valence-corrected chi connectivity index (χ3v) is 5.13. The number of piperazine rings is 2. The van der Waals surface area contributed by atoms with Gasteiger partial charge in [-0.15, -0.1) is 0 Å². The van der Waals surface area contributed by atoms with Crippen molar-refractivity contribution in [2.24, 2.45) is 0 Å². The first-order valence-corrected chi connectivity index (χ1v) is 8.93. The Morgan fingerprint density at radius 3 is 2.20 bits per heavy atom. The number of aromatic hydroxyl groups is 2. The van der Waals surface area contributed by atoms with Crippen molar-refractivity contribution in [3.05, 3.63) is 23.8 Å². The van der Waals surface area contributed by atoms with Gasteiger partial charge in [0.05, 0.1) is 6.54 Å². The molecule has 1 amide bonds. The number of phenolic OH excluding ortho intramolecular Hbond substituents is 2. The van der Waals surface area contributed by atoms with Crippen LogP contribution in [0, 0.1) is 0 Å². The summed E-state index contributed by atoms with van der Waals surface area (Å²) in [5, 5.41) is 19.0. The van der Waals surface area contributed by atoms with Gasteiger partial charge in [-0.1, -0.05) is 6.07 Å². The van der Waals surface area contributed by atoms with E-state index >= 15 is 0 Å². The van der Waals surface area contributed by atoms with Crippen LogP contribution in [0.15, 0.2) is 18.2 Å². The van der Waals surface area contributed by atoms with E-state index in [9.17, 15) is 15.0 Å². The molecule has 0 bridgehead atoms. The quantitative estimate of drug-likeness (QED) is 0.746. The van der Waals surface area contributed by atoms with E-state index < -0.39 is 0 Å². The fourth-order valence-corrected chi connectivity index (χ4v) is 3.38. The Bertz CT molecular complexity index is 594. The van der Waals surface area contributed by atoms with Crippen molar-refractivity contribution < 1.29 is 15.0 Å². The Morgan fingerprint density at radius 2 is 1.56 bits per heavy atom. The number of nitrogens with zero attached hydrogens (tertiary/aromatic N) is 4. The molecule has 0 radical (unpaired) electrons. The highest BCUT2D eigenvalue weighted by Crippen LogP contribution is 2.25. The molecule has 7 nitrogen and oxygen atoms in total. The van der Waals surface area contributed by atoms with Crippen LogP contribution >= 0.6 is 0 Å². The lowest BCUT2D eigenvalue weighted by Gasteiger charge is -2.37. The van der Waals surface area contributed by atoms with Crippen molar-refractivity contribution in [1.29, 1.82) is 0 Å². The number of benzene rings is 1. The van der Waals surface area contributed by atoms with Gasteiger partial charge in [0.25, 0.3) is 0 Å². The molecule has 138 valence electrons. The second-order valence-electron chi connectivity index (χ2n) is 7.06. The zero-order valence-corrected chi connectivity index (χ0v) is 14.9. The first kappa shape index (κ1) is 18.0. The van der Waals surface area contributed by atoms with Crippen LogP contribution in [-0.4, -0.2) is 102 Å². The van der Waals surface area contributed by atoms with Gasteiger partial charge in [0, 0.05) is 58.9 Å². The molecular weight excluding hydrogens is 320 g/mol. The molecule has 0 spiro atoms. The molecule has 7 heteroatoms. The number of amides is 1. The molecule has 0 aromatic heterocycles. The number of phenols is 2. The summed E-state index contributed by atoms with van der Waals surface area (Å²) in [5.74, 6) is 0.0491. The lowest BCUT2D eigenvalue weighted by atomic mass is 10.1. The van der Waals surface area contributed by atoms with Crippen LogP contribution in [0.25, 0.3) is 0 Å². The predicted octanol–water partition coefficient (Wildman–Crippen LogP) is -0.0106. The summed E-state index contributed by atoms with van der Waals surface area (Å²) in [5.41, 5.74) is 0.965. The molecule has 1 aromatic rings. The topological polar surface area (TPSA) is 70.5 Å². The molecule has 2 fully saturated rings. The summed E-state index contributed by atoms with van der Waals surface area (Å²) >= 11 is 0. The SMILES string of the molecule is CN1CCN(CC(=O)N2CCN(Cc3ccc(O)c(O)c3)CC2)CC1. The van der Waals surface area contributed by atoms with Crippen LogP contribution in [0.1, 0.15) is 5.56 Å². The summed E-state index contributed by atoms with van der Waals surface area (Å²) in [6.07, 6.45) is 0. The second kappa shape index (κ2) is 8.03. The third kappa shape index (κ3) is 4.84. The molecule has 0 atom stereocenters. The molecule has 0 saturated carbocycles. The number of likely N-dealkylation sites (N-methyl/N-ethyl adjacent to an activating group) is 1. The Balaban J connectivity index is 1.43. The summed E-state index contributed by atoms with van der Waals surface area (Å²) in [6, 6.07) is 4.93. The first-order valence-electron chi connectivity index (χ1n) is 8.93. The molecule has 2 aliphatic rings. The minimum Gasteiger partial charge on any atom is -0.504 e. The average Bonchev–Trinajstić information content (AvgIpc) is 2.61. The summed E-state index contributed by atoms with van der Waals surface area (Å²) in [7, 11) is 2.12. The zero-order chi connectivity index (χ0) is 17.8. The highest BCUT2D eigenvalue weighted by Gasteiger charge is 2.24. The van der Waals surface area contributed by atoms with E-state index in [0.717, 1.165) is 57.9 Å². The minimum atomic E-state index is -0.0944. The standard InChI is InChI=1S/C18H28N4O3/c1-19-4-6-21(7-5-19)14-18(25)22-10-8-20(9-11-22)13-15-2-3-16(23)17(24)12-15/h2-3,12,23-24H,4-11,13-14H2,1H3. The van der Waals surface area contributed by atoms with Crippen molar-refractivity contribution >= 4 is 5.91 Å². The van der Waals surface area contributed by atoms with Gasteiger partial charge in [-0.25, -0.2) is 0 Å². The average molecular weight is 348 g/mol. The van der Waals surface area contributed by atoms with E-state index in [4.69, 9.17) is 0 Å². The predicted molar refractivity (Wildman–Crippen MR) is 95.6 cm³/mol. The van der Waals surface area contributed by atoms with E-state index in [0.29, 0.717) is 13.1 Å². The first-order chi connectivity index (χ1) is 12.0. The Morgan fingerprint density at radius 1 is 0.920 bits per heavy atom. The number of hydrogen-bond acceptors (Lipinski definition) is 6. The molecule has 0 unspecified atom stereocenters. The molecule has 2 aliphatic heterocycles. The van der Waals surface area contributed by atoms with Crippen molar-refractivity contribution in [3.8, 4) is 11.5 Å². The maximum Gasteiger partial charge on any atom is 0.236 e. The van der Waals surface area contributed by atoms with Crippen LogP contribution in [-0.2, 0) is 11.3 Å². The van der Waals surface area contributed by atoms with Gasteiger partial charge in [-0.05, 0) is 24.7 Å². The van der Waals surface area contributed by atoms with Crippen molar-refractivity contribution in [3.63, 3.8) is 0 Å². The summed E-state index contributed by atoms with van der Waals surface area (Å²) < 4.78 is 0. The molecule has 0 aliphatic carbocycles. The van der Waals surface area contributed by atoms with Crippen LogP contribution in [0.3, 0.4) is 0 Å². The Kier molecular flexibility index (Phi) is 5.78. The fourth-order valence-electron chi connectivity index (χ4n) is 3.38. The van der Waals surface area contributed by atoms with E-state index in [-0.39, 0.29) is 17.4 Å². The fraction of sp³-hybridized carbons (Fsp3) is 0.611. The lowest BCUT2D eigenvalue weighted by molar-refractivity contribution is -0.134. The van der Waals surface area contributed by atoms with Crippen molar-refractivity contribution in [1.82, 2.24) is 19.6 Å². The number of rotatable bonds is 4. The summed E-state index contributed by atoms with van der Waals surface area (Å²) in [6.45, 7) is 8.38. The van der Waals surface area contributed by atoms with Crippen LogP contribution in [0.4, 0.5) is 0 Å². The molecule has 1 aromatic carbocycles. The normalized spacial score (nSPS) is 20.8. The van der Waals surface area contributed by atoms with Gasteiger partial charge in [0.1, 0.15) is 0 Å². The highest BCUT2D eigenvalue weighted by molar-refractivity contribution is 5.78.